The van der Waals surface area contributed by atoms with Crippen molar-refractivity contribution in [1.29, 1.82) is 0 Å². The van der Waals surface area contributed by atoms with Crippen molar-refractivity contribution in [3.63, 3.8) is 0 Å². The molecule has 0 saturated carbocycles. The predicted octanol–water partition coefficient (Wildman–Crippen LogP) is 4.15. The van der Waals surface area contributed by atoms with Gasteiger partial charge in [0, 0.05) is 6.54 Å². The maximum absolute atomic E-state index is 12.8. The number of aromatic nitrogens is 1. The fraction of sp³-hybridized carbons (Fsp3) is 0.364. The Morgan fingerprint density at radius 1 is 1.32 bits per heavy atom. The van der Waals surface area contributed by atoms with Crippen LogP contribution in [0.3, 0.4) is 0 Å². The zero-order chi connectivity index (χ0) is 19.5. The van der Waals surface area contributed by atoms with E-state index in [4.69, 9.17) is 9.72 Å². The maximum Gasteiger partial charge on any atom is 0.237 e. The summed E-state index contributed by atoms with van der Waals surface area (Å²) in [6.45, 7) is 3.42. The van der Waals surface area contributed by atoms with Crippen molar-refractivity contribution in [2.24, 2.45) is 0 Å². The number of ether oxygens (including phenoxy) is 1. The first-order chi connectivity index (χ1) is 13.7. The minimum Gasteiger partial charge on any atom is -0.497 e. The van der Waals surface area contributed by atoms with Gasteiger partial charge in [0.2, 0.25) is 5.91 Å². The lowest BCUT2D eigenvalue weighted by molar-refractivity contribution is -0.126. The highest BCUT2D eigenvalue weighted by atomic mass is 32.1. The normalized spacial score (nSPS) is 18.3. The van der Waals surface area contributed by atoms with Crippen LogP contribution in [0.4, 0.5) is 0 Å². The number of rotatable bonds is 6. The van der Waals surface area contributed by atoms with Crippen LogP contribution in [0.15, 0.2) is 48.5 Å². The van der Waals surface area contributed by atoms with Crippen LogP contribution in [0, 0.1) is 0 Å². The first-order valence-electron chi connectivity index (χ1n) is 9.67. The average molecular weight is 396 g/mol. The highest BCUT2D eigenvalue weighted by molar-refractivity contribution is 7.18. The van der Waals surface area contributed by atoms with Crippen molar-refractivity contribution >= 4 is 27.5 Å². The standard InChI is InChI=1S/C22H25N3O2S/c1-15(21(26)23-14-16-7-5-8-17(13-16)27-2)25-12-6-10-19(25)22-24-18-9-3-4-11-20(18)28-22/h3-5,7-9,11,13,15,19H,6,10,12,14H2,1-2H3,(H,23,26). The topological polar surface area (TPSA) is 54.5 Å². The molecule has 1 saturated heterocycles. The van der Waals surface area contributed by atoms with Gasteiger partial charge in [0.1, 0.15) is 10.8 Å². The fourth-order valence-corrected chi connectivity index (χ4v) is 4.94. The van der Waals surface area contributed by atoms with Gasteiger partial charge in [-0.05, 0) is 56.1 Å². The summed E-state index contributed by atoms with van der Waals surface area (Å²) in [7, 11) is 1.65. The van der Waals surface area contributed by atoms with Gasteiger partial charge < -0.3 is 10.1 Å². The summed E-state index contributed by atoms with van der Waals surface area (Å²) in [4.78, 5) is 19.9. The Morgan fingerprint density at radius 2 is 2.18 bits per heavy atom. The van der Waals surface area contributed by atoms with Crippen molar-refractivity contribution in [2.45, 2.75) is 38.4 Å². The van der Waals surface area contributed by atoms with E-state index < -0.39 is 0 Å². The second kappa shape index (κ2) is 8.29. The van der Waals surface area contributed by atoms with Gasteiger partial charge in [-0.15, -0.1) is 11.3 Å². The molecule has 1 aromatic heterocycles. The number of carbonyl (C=O) groups excluding carboxylic acids is 1. The van der Waals surface area contributed by atoms with Crippen molar-refractivity contribution in [3.8, 4) is 5.75 Å². The van der Waals surface area contributed by atoms with Crippen molar-refractivity contribution in [1.82, 2.24) is 15.2 Å². The number of carbonyl (C=O) groups is 1. The van der Waals surface area contributed by atoms with E-state index in [0.29, 0.717) is 6.54 Å². The lowest BCUT2D eigenvalue weighted by atomic mass is 10.1. The summed E-state index contributed by atoms with van der Waals surface area (Å²) in [5.41, 5.74) is 2.08. The van der Waals surface area contributed by atoms with E-state index in [1.165, 1.54) is 4.70 Å². The third-order valence-electron chi connectivity index (χ3n) is 5.37. The summed E-state index contributed by atoms with van der Waals surface area (Å²) in [5.74, 6) is 0.853. The molecule has 1 aliphatic rings. The molecular formula is C22H25N3O2S. The number of nitrogens with one attached hydrogen (secondary N) is 1. The number of benzene rings is 2. The third-order valence-corrected chi connectivity index (χ3v) is 6.51. The van der Waals surface area contributed by atoms with Crippen molar-refractivity contribution in [2.75, 3.05) is 13.7 Å². The molecule has 3 aromatic rings. The number of nitrogens with zero attached hydrogens (tertiary/aromatic N) is 2. The molecule has 4 rings (SSSR count). The molecular weight excluding hydrogens is 370 g/mol. The molecule has 0 radical (unpaired) electrons. The molecule has 0 aliphatic carbocycles. The molecule has 2 aromatic carbocycles. The van der Waals surface area contributed by atoms with Gasteiger partial charge in [-0.25, -0.2) is 4.98 Å². The van der Waals surface area contributed by atoms with Crippen LogP contribution in [0.25, 0.3) is 10.2 Å². The Labute approximate surface area is 169 Å². The molecule has 146 valence electrons. The van der Waals surface area contributed by atoms with Crippen LogP contribution in [0.5, 0.6) is 5.75 Å². The summed E-state index contributed by atoms with van der Waals surface area (Å²) < 4.78 is 6.46. The van der Waals surface area contributed by atoms with E-state index in [-0.39, 0.29) is 18.0 Å². The quantitative estimate of drug-likeness (QED) is 0.681. The number of amides is 1. The van der Waals surface area contributed by atoms with Crippen LogP contribution >= 0.6 is 11.3 Å². The second-order valence-corrected chi connectivity index (χ2v) is 8.22. The van der Waals surface area contributed by atoms with E-state index in [2.05, 4.69) is 22.3 Å². The van der Waals surface area contributed by atoms with Crippen LogP contribution in [0.1, 0.15) is 36.4 Å². The van der Waals surface area contributed by atoms with Crippen LogP contribution in [-0.2, 0) is 11.3 Å². The summed E-state index contributed by atoms with van der Waals surface area (Å²) in [6, 6.07) is 16.0. The SMILES string of the molecule is COc1cccc(CNC(=O)C(C)N2CCCC2c2nc3ccccc3s2)c1. The Bertz CT molecular complexity index is 938. The van der Waals surface area contributed by atoms with Crippen LogP contribution in [-0.4, -0.2) is 35.5 Å². The van der Waals surface area contributed by atoms with Gasteiger partial charge in [0.05, 0.1) is 29.4 Å². The lowest BCUT2D eigenvalue weighted by Gasteiger charge is -2.28. The molecule has 0 spiro atoms. The van der Waals surface area contributed by atoms with Gasteiger partial charge in [0.15, 0.2) is 0 Å². The number of hydrogen-bond donors (Lipinski definition) is 1. The second-order valence-electron chi connectivity index (χ2n) is 7.16. The van der Waals surface area contributed by atoms with Crippen molar-refractivity contribution in [3.05, 3.63) is 59.1 Å². The van der Waals surface area contributed by atoms with E-state index >= 15 is 0 Å². The smallest absolute Gasteiger partial charge is 0.237 e. The first kappa shape index (κ1) is 18.9. The van der Waals surface area contributed by atoms with Gasteiger partial charge in [0.25, 0.3) is 0 Å². The molecule has 6 heteroatoms. The molecule has 5 nitrogen and oxygen atoms in total. The van der Waals surface area contributed by atoms with Gasteiger partial charge in [-0.3, -0.25) is 9.69 Å². The van der Waals surface area contributed by atoms with Crippen LogP contribution < -0.4 is 10.1 Å². The summed E-state index contributed by atoms with van der Waals surface area (Å²) in [6.07, 6.45) is 2.14. The predicted molar refractivity (Wildman–Crippen MR) is 113 cm³/mol. The summed E-state index contributed by atoms with van der Waals surface area (Å²) >= 11 is 1.74. The lowest BCUT2D eigenvalue weighted by Crippen LogP contribution is -2.44. The Balaban J connectivity index is 1.43. The number of likely N-dealkylation sites (tertiary alicyclic amines) is 1. The first-order valence-corrected chi connectivity index (χ1v) is 10.5. The molecule has 0 bridgehead atoms. The Hall–Kier alpha value is -2.44. The minimum atomic E-state index is -0.190. The third kappa shape index (κ3) is 3.88. The zero-order valence-electron chi connectivity index (χ0n) is 16.2. The van der Waals surface area contributed by atoms with Gasteiger partial charge >= 0.3 is 0 Å². The van der Waals surface area contributed by atoms with E-state index in [9.17, 15) is 4.79 Å². The zero-order valence-corrected chi connectivity index (χ0v) is 17.0. The molecule has 2 heterocycles. The molecule has 1 aliphatic heterocycles. The molecule has 1 fully saturated rings. The minimum absolute atomic E-state index is 0.0517. The summed E-state index contributed by atoms with van der Waals surface area (Å²) in [5, 5.41) is 4.19. The number of thiazole rings is 1. The number of fused-ring (bicyclic) bond motifs is 1. The molecule has 2 atom stereocenters. The number of methoxy groups -OCH3 is 1. The fourth-order valence-electron chi connectivity index (χ4n) is 3.82. The highest BCUT2D eigenvalue weighted by Crippen LogP contribution is 2.37. The Morgan fingerprint density at radius 3 is 3.00 bits per heavy atom. The molecule has 1 amide bonds. The highest BCUT2D eigenvalue weighted by Gasteiger charge is 2.34. The number of para-hydroxylation sites is 1. The molecule has 2 unspecified atom stereocenters. The molecule has 1 N–H and O–H groups in total. The molecule has 28 heavy (non-hydrogen) atoms. The number of hydrogen-bond acceptors (Lipinski definition) is 5. The average Bonchev–Trinajstić information content (AvgIpc) is 3.38. The van der Waals surface area contributed by atoms with Crippen LogP contribution in [0.2, 0.25) is 0 Å². The van der Waals surface area contributed by atoms with E-state index in [0.717, 1.165) is 41.2 Å². The van der Waals surface area contributed by atoms with E-state index in [1.807, 2.05) is 43.3 Å². The van der Waals surface area contributed by atoms with Gasteiger partial charge in [-0.1, -0.05) is 24.3 Å². The van der Waals surface area contributed by atoms with Crippen molar-refractivity contribution < 1.29 is 9.53 Å². The Kier molecular flexibility index (Phi) is 5.59. The maximum atomic E-state index is 12.8. The van der Waals surface area contributed by atoms with Gasteiger partial charge in [-0.2, -0.15) is 0 Å². The largest absolute Gasteiger partial charge is 0.497 e. The monoisotopic (exact) mass is 395 g/mol. The van der Waals surface area contributed by atoms with E-state index in [1.54, 1.807) is 18.4 Å².